The molecule has 96 valence electrons. The fourth-order valence-corrected chi connectivity index (χ4v) is 1.94. The molecule has 0 bridgehead atoms. The number of hydrogen-bond acceptors (Lipinski definition) is 3. The molecule has 2 rings (SSSR count). The maximum absolute atomic E-state index is 4.22. The zero-order valence-corrected chi connectivity index (χ0v) is 11.1. The molecule has 0 saturated carbocycles. The van der Waals surface area contributed by atoms with Gasteiger partial charge < -0.3 is 0 Å². The predicted molar refractivity (Wildman–Crippen MR) is 72.2 cm³/mol. The highest BCUT2D eigenvalue weighted by Gasteiger charge is 2.05. The van der Waals surface area contributed by atoms with Gasteiger partial charge in [0.15, 0.2) is 0 Å². The molecule has 0 saturated heterocycles. The van der Waals surface area contributed by atoms with Gasteiger partial charge >= 0.3 is 0 Å². The van der Waals surface area contributed by atoms with E-state index in [4.69, 9.17) is 0 Å². The van der Waals surface area contributed by atoms with Gasteiger partial charge in [0.1, 0.15) is 0 Å². The Morgan fingerprint density at radius 1 is 1.11 bits per heavy atom. The van der Waals surface area contributed by atoms with Crippen molar-refractivity contribution in [3.8, 4) is 0 Å². The summed E-state index contributed by atoms with van der Waals surface area (Å²) in [5, 5.41) is 8.39. The van der Waals surface area contributed by atoms with E-state index in [1.165, 1.54) is 5.56 Å². The molecule has 2 aromatic rings. The summed E-state index contributed by atoms with van der Waals surface area (Å²) in [6.07, 6.45) is 2.03. The third-order valence-electron chi connectivity index (χ3n) is 3.05. The minimum Gasteiger partial charge on any atom is -0.298 e. The van der Waals surface area contributed by atoms with Crippen molar-refractivity contribution in [2.75, 3.05) is 13.1 Å². The predicted octanol–water partition coefficient (Wildman–Crippen LogP) is 2.17. The molecule has 1 heterocycles. The van der Waals surface area contributed by atoms with E-state index < -0.39 is 0 Å². The zero-order chi connectivity index (χ0) is 12.8. The van der Waals surface area contributed by atoms with Gasteiger partial charge in [0.05, 0.1) is 18.4 Å². The Hall–Kier alpha value is -1.68. The topological polar surface area (TPSA) is 34.0 Å². The Labute approximate surface area is 108 Å². The van der Waals surface area contributed by atoms with E-state index in [9.17, 15) is 0 Å². The first-order chi connectivity index (χ1) is 8.81. The van der Waals surface area contributed by atoms with Crippen LogP contribution in [0.25, 0.3) is 0 Å². The molecule has 1 aromatic heterocycles. The lowest BCUT2D eigenvalue weighted by Gasteiger charge is -2.15. The molecule has 1 aromatic carbocycles. The summed E-state index contributed by atoms with van der Waals surface area (Å²) in [6.45, 7) is 8.08. The van der Waals surface area contributed by atoms with Gasteiger partial charge in [0.2, 0.25) is 0 Å². The standard InChI is InChI=1S/C14H20N4/c1-3-17(4-2)11-14-12-18(16-15-14)10-13-8-6-5-7-9-13/h5-9,12H,3-4,10-11H2,1-2H3. The fourth-order valence-electron chi connectivity index (χ4n) is 1.94. The summed E-state index contributed by atoms with van der Waals surface area (Å²) < 4.78 is 1.90. The van der Waals surface area contributed by atoms with Crippen LogP contribution in [-0.4, -0.2) is 33.0 Å². The largest absolute Gasteiger partial charge is 0.298 e. The average molecular weight is 244 g/mol. The minimum absolute atomic E-state index is 0.784. The summed E-state index contributed by atoms with van der Waals surface area (Å²) in [4.78, 5) is 2.33. The van der Waals surface area contributed by atoms with Gasteiger partial charge in [-0.1, -0.05) is 49.4 Å². The molecule has 0 amide bonds. The van der Waals surface area contributed by atoms with Crippen LogP contribution < -0.4 is 0 Å². The lowest BCUT2D eigenvalue weighted by Crippen LogP contribution is -2.22. The van der Waals surface area contributed by atoms with Gasteiger partial charge in [-0.25, -0.2) is 4.68 Å². The molecule has 0 unspecified atom stereocenters. The summed E-state index contributed by atoms with van der Waals surface area (Å²) in [7, 11) is 0. The van der Waals surface area contributed by atoms with Crippen LogP contribution in [0.3, 0.4) is 0 Å². The monoisotopic (exact) mass is 244 g/mol. The van der Waals surface area contributed by atoms with Crippen LogP contribution in [0.4, 0.5) is 0 Å². The van der Waals surface area contributed by atoms with Crippen LogP contribution in [0.5, 0.6) is 0 Å². The van der Waals surface area contributed by atoms with Crippen molar-refractivity contribution in [2.24, 2.45) is 0 Å². The summed E-state index contributed by atoms with van der Waals surface area (Å²) in [5.74, 6) is 0. The highest BCUT2D eigenvalue weighted by Crippen LogP contribution is 2.04. The molecule has 18 heavy (non-hydrogen) atoms. The first-order valence-electron chi connectivity index (χ1n) is 6.47. The number of hydrogen-bond donors (Lipinski definition) is 0. The van der Waals surface area contributed by atoms with Crippen LogP contribution in [0.2, 0.25) is 0 Å². The number of aromatic nitrogens is 3. The Bertz CT molecular complexity index is 460. The molecule has 0 radical (unpaired) electrons. The van der Waals surface area contributed by atoms with Gasteiger partial charge in [-0.05, 0) is 18.7 Å². The van der Waals surface area contributed by atoms with E-state index in [0.29, 0.717) is 0 Å². The third kappa shape index (κ3) is 3.40. The van der Waals surface area contributed by atoms with Crippen molar-refractivity contribution in [3.05, 3.63) is 47.8 Å². The first kappa shape index (κ1) is 12.8. The molecule has 4 nitrogen and oxygen atoms in total. The van der Waals surface area contributed by atoms with E-state index in [2.05, 4.69) is 41.2 Å². The maximum Gasteiger partial charge on any atom is 0.0967 e. The highest BCUT2D eigenvalue weighted by molar-refractivity contribution is 5.14. The van der Waals surface area contributed by atoms with Crippen LogP contribution in [-0.2, 0) is 13.1 Å². The van der Waals surface area contributed by atoms with Crippen LogP contribution in [0.15, 0.2) is 36.5 Å². The summed E-state index contributed by atoms with van der Waals surface area (Å²) >= 11 is 0. The molecule has 0 atom stereocenters. The van der Waals surface area contributed by atoms with Gasteiger partial charge in [-0.3, -0.25) is 4.90 Å². The average Bonchev–Trinajstić information content (AvgIpc) is 2.84. The van der Waals surface area contributed by atoms with E-state index in [0.717, 1.165) is 31.9 Å². The first-order valence-corrected chi connectivity index (χ1v) is 6.47. The van der Waals surface area contributed by atoms with Crippen LogP contribution in [0, 0.1) is 0 Å². The van der Waals surface area contributed by atoms with E-state index in [1.54, 1.807) is 0 Å². The normalized spacial score (nSPS) is 11.1. The van der Waals surface area contributed by atoms with Gasteiger partial charge in [-0.2, -0.15) is 0 Å². The van der Waals surface area contributed by atoms with Crippen molar-refractivity contribution in [2.45, 2.75) is 26.9 Å². The molecule has 0 aliphatic carbocycles. The fraction of sp³-hybridized carbons (Fsp3) is 0.429. The second-order valence-electron chi connectivity index (χ2n) is 4.35. The van der Waals surface area contributed by atoms with Crippen molar-refractivity contribution in [3.63, 3.8) is 0 Å². The molecule has 4 heteroatoms. The lowest BCUT2D eigenvalue weighted by molar-refractivity contribution is 0.292. The smallest absolute Gasteiger partial charge is 0.0967 e. The second-order valence-corrected chi connectivity index (χ2v) is 4.35. The molecule has 0 spiro atoms. The highest BCUT2D eigenvalue weighted by atomic mass is 15.4. The minimum atomic E-state index is 0.784. The van der Waals surface area contributed by atoms with E-state index in [1.807, 2.05) is 29.1 Å². The number of nitrogens with zero attached hydrogens (tertiary/aromatic N) is 4. The molecule has 0 aliphatic rings. The van der Waals surface area contributed by atoms with Crippen LogP contribution in [0.1, 0.15) is 25.1 Å². The third-order valence-corrected chi connectivity index (χ3v) is 3.05. The Balaban J connectivity index is 1.98. The Kier molecular flexibility index (Phi) is 4.47. The lowest BCUT2D eigenvalue weighted by atomic mass is 10.2. The molecule has 0 N–H and O–H groups in total. The zero-order valence-electron chi connectivity index (χ0n) is 11.1. The van der Waals surface area contributed by atoms with Gasteiger partial charge in [-0.15, -0.1) is 5.10 Å². The Morgan fingerprint density at radius 2 is 1.83 bits per heavy atom. The van der Waals surface area contributed by atoms with Crippen LogP contribution >= 0.6 is 0 Å². The molecular formula is C14H20N4. The van der Waals surface area contributed by atoms with Crippen molar-refractivity contribution in [1.29, 1.82) is 0 Å². The number of rotatable bonds is 6. The molecular weight excluding hydrogens is 224 g/mol. The summed E-state index contributed by atoms with van der Waals surface area (Å²) in [5.41, 5.74) is 2.28. The molecule has 0 aliphatic heterocycles. The maximum atomic E-state index is 4.22. The van der Waals surface area contributed by atoms with Gasteiger partial charge in [0, 0.05) is 6.54 Å². The van der Waals surface area contributed by atoms with Crippen molar-refractivity contribution < 1.29 is 0 Å². The Morgan fingerprint density at radius 3 is 2.50 bits per heavy atom. The number of benzene rings is 1. The quantitative estimate of drug-likeness (QED) is 0.781. The SMILES string of the molecule is CCN(CC)Cc1cn(Cc2ccccc2)nn1. The van der Waals surface area contributed by atoms with Crippen molar-refractivity contribution >= 4 is 0 Å². The van der Waals surface area contributed by atoms with Crippen molar-refractivity contribution in [1.82, 2.24) is 19.9 Å². The second kappa shape index (κ2) is 6.31. The molecule has 0 fully saturated rings. The van der Waals surface area contributed by atoms with E-state index in [-0.39, 0.29) is 0 Å². The van der Waals surface area contributed by atoms with Gasteiger partial charge in [0.25, 0.3) is 0 Å². The van der Waals surface area contributed by atoms with E-state index >= 15 is 0 Å². The summed E-state index contributed by atoms with van der Waals surface area (Å²) in [6, 6.07) is 10.3.